The van der Waals surface area contributed by atoms with E-state index in [1.54, 1.807) is 4.68 Å². The smallest absolute Gasteiger partial charge is 0.186 e. The predicted octanol–water partition coefficient (Wildman–Crippen LogP) is 3.61. The third-order valence-corrected chi connectivity index (χ3v) is 3.97. The van der Waals surface area contributed by atoms with Gasteiger partial charge in [0.05, 0.1) is 5.56 Å². The molecule has 0 atom stereocenters. The van der Waals surface area contributed by atoms with Gasteiger partial charge < -0.3 is 4.74 Å². The largest absolute Gasteiger partial charge is 0.488 e. The van der Waals surface area contributed by atoms with Crippen LogP contribution in [0, 0.1) is 0 Å². The summed E-state index contributed by atoms with van der Waals surface area (Å²) in [5.74, 6) is 1.46. The Hall–Kier alpha value is -3.21. The summed E-state index contributed by atoms with van der Waals surface area (Å²) in [6.07, 6.45) is 0. The van der Waals surface area contributed by atoms with Gasteiger partial charge in [-0.2, -0.15) is 0 Å². The molecule has 0 radical (unpaired) electrons. The average molecular weight is 316 g/mol. The van der Waals surface area contributed by atoms with Gasteiger partial charge in [-0.25, -0.2) is 4.68 Å². The lowest BCUT2D eigenvalue weighted by molar-refractivity contribution is 0.307. The maximum atomic E-state index is 6.10. The average Bonchev–Trinajstić information content (AvgIpc) is 3.06. The molecular formula is C19H16N4O. The quantitative estimate of drug-likeness (QED) is 0.577. The number of aryl methyl sites for hydroxylation is 1. The van der Waals surface area contributed by atoms with Crippen molar-refractivity contribution in [2.75, 3.05) is 0 Å². The molecule has 0 unspecified atom stereocenters. The Bertz CT molecular complexity index is 979. The Balaban J connectivity index is 1.81. The van der Waals surface area contributed by atoms with Crippen molar-refractivity contribution in [3.63, 3.8) is 0 Å². The molecule has 0 amide bonds. The first-order valence-electron chi connectivity index (χ1n) is 7.74. The number of nitrogens with zero attached hydrogens (tertiary/aromatic N) is 4. The summed E-state index contributed by atoms with van der Waals surface area (Å²) in [6.45, 7) is 0.497. The molecule has 5 heteroatoms. The van der Waals surface area contributed by atoms with Gasteiger partial charge >= 0.3 is 0 Å². The third-order valence-electron chi connectivity index (χ3n) is 3.97. The highest BCUT2D eigenvalue weighted by Crippen LogP contribution is 2.35. The van der Waals surface area contributed by atoms with Gasteiger partial charge in [0.25, 0.3) is 0 Å². The number of tetrazole rings is 1. The summed E-state index contributed by atoms with van der Waals surface area (Å²) in [5.41, 5.74) is 2.03. The van der Waals surface area contributed by atoms with Gasteiger partial charge in [0, 0.05) is 7.05 Å². The van der Waals surface area contributed by atoms with Gasteiger partial charge in [0.2, 0.25) is 0 Å². The van der Waals surface area contributed by atoms with Crippen LogP contribution in [0.25, 0.3) is 22.2 Å². The molecule has 4 rings (SSSR count). The molecule has 4 aromatic rings. The lowest BCUT2D eigenvalue weighted by Crippen LogP contribution is -2.01. The number of ether oxygens (including phenoxy) is 1. The number of hydrogen-bond acceptors (Lipinski definition) is 4. The zero-order valence-corrected chi connectivity index (χ0v) is 13.3. The molecule has 0 aliphatic carbocycles. The third kappa shape index (κ3) is 2.60. The van der Waals surface area contributed by atoms with Crippen molar-refractivity contribution in [1.29, 1.82) is 0 Å². The van der Waals surface area contributed by atoms with Gasteiger partial charge in [-0.3, -0.25) is 0 Å². The fourth-order valence-electron chi connectivity index (χ4n) is 2.78. The molecule has 1 aromatic heterocycles. The van der Waals surface area contributed by atoms with Crippen molar-refractivity contribution in [3.05, 3.63) is 72.3 Å². The van der Waals surface area contributed by atoms with E-state index in [9.17, 15) is 0 Å². The highest BCUT2D eigenvalue weighted by molar-refractivity contribution is 5.98. The van der Waals surface area contributed by atoms with E-state index >= 15 is 0 Å². The Morgan fingerprint density at radius 3 is 2.50 bits per heavy atom. The van der Waals surface area contributed by atoms with Gasteiger partial charge in [-0.05, 0) is 32.8 Å². The monoisotopic (exact) mass is 316 g/mol. The molecule has 0 fully saturated rings. The van der Waals surface area contributed by atoms with Crippen LogP contribution in [0.2, 0.25) is 0 Å². The van der Waals surface area contributed by atoms with Crippen LogP contribution in [0.4, 0.5) is 0 Å². The van der Waals surface area contributed by atoms with E-state index in [1.165, 1.54) is 0 Å². The van der Waals surface area contributed by atoms with Crippen LogP contribution in [-0.2, 0) is 13.7 Å². The van der Waals surface area contributed by atoms with Crippen LogP contribution in [0.5, 0.6) is 5.75 Å². The van der Waals surface area contributed by atoms with E-state index in [2.05, 4.69) is 33.7 Å². The van der Waals surface area contributed by atoms with Crippen LogP contribution in [-0.4, -0.2) is 20.2 Å². The summed E-state index contributed by atoms with van der Waals surface area (Å²) in [6, 6.07) is 22.3. The minimum absolute atomic E-state index is 0.497. The Morgan fingerprint density at radius 1 is 0.917 bits per heavy atom. The number of fused-ring (bicyclic) bond motifs is 1. The molecule has 1 heterocycles. The first kappa shape index (κ1) is 14.4. The SMILES string of the molecule is Cn1nnnc1-c1c(OCc2ccccc2)ccc2ccccc12. The topological polar surface area (TPSA) is 52.8 Å². The zero-order valence-electron chi connectivity index (χ0n) is 13.3. The molecule has 0 saturated carbocycles. The van der Waals surface area contributed by atoms with E-state index in [1.807, 2.05) is 55.6 Å². The number of benzene rings is 3. The second-order valence-electron chi connectivity index (χ2n) is 5.56. The van der Waals surface area contributed by atoms with Crippen LogP contribution in [0.15, 0.2) is 66.7 Å². The first-order chi connectivity index (χ1) is 11.8. The van der Waals surface area contributed by atoms with Crippen LogP contribution < -0.4 is 4.74 Å². The molecule has 0 bridgehead atoms. The zero-order chi connectivity index (χ0) is 16.4. The molecular weight excluding hydrogens is 300 g/mol. The highest BCUT2D eigenvalue weighted by Gasteiger charge is 2.16. The maximum absolute atomic E-state index is 6.10. The minimum atomic E-state index is 0.497. The number of aromatic nitrogens is 4. The molecule has 118 valence electrons. The van der Waals surface area contributed by atoms with E-state index in [4.69, 9.17) is 4.74 Å². The van der Waals surface area contributed by atoms with Crippen LogP contribution >= 0.6 is 0 Å². The first-order valence-corrected chi connectivity index (χ1v) is 7.74. The van der Waals surface area contributed by atoms with Crippen molar-refractivity contribution in [1.82, 2.24) is 20.2 Å². The van der Waals surface area contributed by atoms with Gasteiger partial charge in [0.15, 0.2) is 5.82 Å². The van der Waals surface area contributed by atoms with E-state index in [0.717, 1.165) is 27.6 Å². The second-order valence-corrected chi connectivity index (χ2v) is 5.56. The normalized spacial score (nSPS) is 10.9. The lowest BCUT2D eigenvalue weighted by Gasteiger charge is -2.13. The maximum Gasteiger partial charge on any atom is 0.186 e. The predicted molar refractivity (Wildman–Crippen MR) is 92.5 cm³/mol. The fourth-order valence-corrected chi connectivity index (χ4v) is 2.78. The van der Waals surface area contributed by atoms with Crippen molar-refractivity contribution >= 4 is 10.8 Å². The van der Waals surface area contributed by atoms with Crippen LogP contribution in [0.3, 0.4) is 0 Å². The van der Waals surface area contributed by atoms with Crippen LogP contribution in [0.1, 0.15) is 5.56 Å². The van der Waals surface area contributed by atoms with E-state index in [-0.39, 0.29) is 0 Å². The fraction of sp³-hybridized carbons (Fsp3) is 0.105. The molecule has 0 N–H and O–H groups in total. The number of rotatable bonds is 4. The summed E-state index contributed by atoms with van der Waals surface area (Å²) in [4.78, 5) is 0. The molecule has 5 nitrogen and oxygen atoms in total. The second kappa shape index (κ2) is 6.12. The Morgan fingerprint density at radius 2 is 1.71 bits per heavy atom. The molecule has 0 aliphatic rings. The van der Waals surface area contributed by atoms with Crippen molar-refractivity contribution in [3.8, 4) is 17.1 Å². The Labute approximate surface area is 139 Å². The molecule has 3 aromatic carbocycles. The van der Waals surface area contributed by atoms with Crippen molar-refractivity contribution in [2.24, 2.45) is 7.05 Å². The molecule has 0 aliphatic heterocycles. The standard InChI is InChI=1S/C19H16N4O/c1-23-19(20-21-22-23)18-16-10-6-5-9-15(16)11-12-17(18)24-13-14-7-3-2-4-8-14/h2-12H,13H2,1H3. The summed E-state index contributed by atoms with van der Waals surface area (Å²) in [7, 11) is 1.83. The summed E-state index contributed by atoms with van der Waals surface area (Å²) < 4.78 is 7.77. The molecule has 0 saturated heterocycles. The minimum Gasteiger partial charge on any atom is -0.488 e. The summed E-state index contributed by atoms with van der Waals surface area (Å²) in [5, 5.41) is 14.1. The van der Waals surface area contributed by atoms with Gasteiger partial charge in [-0.15, -0.1) is 5.10 Å². The van der Waals surface area contributed by atoms with E-state index < -0.39 is 0 Å². The van der Waals surface area contributed by atoms with Gasteiger partial charge in [-0.1, -0.05) is 60.7 Å². The molecule has 0 spiro atoms. The summed E-state index contributed by atoms with van der Waals surface area (Å²) >= 11 is 0. The highest BCUT2D eigenvalue weighted by atomic mass is 16.5. The number of hydrogen-bond donors (Lipinski definition) is 0. The van der Waals surface area contributed by atoms with Crippen molar-refractivity contribution in [2.45, 2.75) is 6.61 Å². The lowest BCUT2D eigenvalue weighted by atomic mass is 10.0. The Kier molecular flexibility index (Phi) is 3.67. The van der Waals surface area contributed by atoms with Gasteiger partial charge in [0.1, 0.15) is 12.4 Å². The van der Waals surface area contributed by atoms with Crippen molar-refractivity contribution < 1.29 is 4.74 Å². The van der Waals surface area contributed by atoms with E-state index in [0.29, 0.717) is 12.4 Å². The molecule has 24 heavy (non-hydrogen) atoms.